The number of non-ortho nitro benzene ring substituents is 1. The predicted molar refractivity (Wildman–Crippen MR) is 100 cm³/mol. The second-order valence-corrected chi connectivity index (χ2v) is 7.20. The summed E-state index contributed by atoms with van der Waals surface area (Å²) in [6, 6.07) is 14.7. The highest BCUT2D eigenvalue weighted by molar-refractivity contribution is 8.09. The summed E-state index contributed by atoms with van der Waals surface area (Å²) in [7, 11) is 0. The molecule has 0 saturated heterocycles. The van der Waals surface area contributed by atoms with Gasteiger partial charge in [-0.1, -0.05) is 48.5 Å². The van der Waals surface area contributed by atoms with Crippen molar-refractivity contribution < 1.29 is 24.7 Å². The van der Waals surface area contributed by atoms with Crippen LogP contribution in [0, 0.1) is 16.0 Å². The maximum Gasteiger partial charge on any atom is 0.317 e. The van der Waals surface area contributed by atoms with Crippen LogP contribution in [-0.4, -0.2) is 32.3 Å². The number of benzene rings is 2. The van der Waals surface area contributed by atoms with Crippen molar-refractivity contribution in [3.63, 3.8) is 0 Å². The maximum atomic E-state index is 11.9. The van der Waals surface area contributed by atoms with Crippen molar-refractivity contribution in [1.82, 2.24) is 0 Å². The lowest BCUT2D eigenvalue weighted by atomic mass is 9.82. The number of rotatable bonds is 5. The van der Waals surface area contributed by atoms with Crippen LogP contribution in [0.4, 0.5) is 5.69 Å². The molecule has 2 N–H and O–H groups in total. The molecule has 2 aromatic rings. The van der Waals surface area contributed by atoms with Crippen LogP contribution in [0.1, 0.15) is 17.0 Å². The molecule has 138 valence electrons. The fourth-order valence-electron chi connectivity index (χ4n) is 3.11. The molecule has 1 heterocycles. The number of aliphatic carboxylic acids is 2. The van der Waals surface area contributed by atoms with Crippen LogP contribution >= 0.6 is 11.8 Å². The lowest BCUT2D eigenvalue weighted by molar-refractivity contribution is -0.384. The first-order valence-electron chi connectivity index (χ1n) is 8.02. The van der Waals surface area contributed by atoms with Crippen LogP contribution in [0.15, 0.2) is 60.7 Å². The number of nitro groups is 1. The van der Waals surface area contributed by atoms with Crippen molar-refractivity contribution in [3.05, 3.63) is 81.9 Å². The van der Waals surface area contributed by atoms with Crippen LogP contribution in [0.3, 0.4) is 0 Å². The average Bonchev–Trinajstić information content (AvgIpc) is 2.67. The van der Waals surface area contributed by atoms with E-state index in [1.807, 2.05) is 18.2 Å². The molecule has 1 aliphatic heterocycles. The molecule has 2 aromatic carbocycles. The van der Waals surface area contributed by atoms with Gasteiger partial charge in [-0.3, -0.25) is 19.7 Å². The molecule has 27 heavy (non-hydrogen) atoms. The Labute approximate surface area is 158 Å². The Kier molecular flexibility index (Phi) is 5.27. The number of hydrogen-bond acceptors (Lipinski definition) is 5. The van der Waals surface area contributed by atoms with E-state index in [4.69, 9.17) is 0 Å². The maximum absolute atomic E-state index is 11.9. The molecule has 0 fully saturated rings. The highest BCUT2D eigenvalue weighted by Gasteiger charge is 2.44. The molecular formula is C19H15NO6S. The Morgan fingerprint density at radius 2 is 1.70 bits per heavy atom. The molecule has 0 aromatic heterocycles. The average molecular weight is 385 g/mol. The molecule has 8 heteroatoms. The second kappa shape index (κ2) is 7.63. The Balaban J connectivity index is 2.15. The smallest absolute Gasteiger partial charge is 0.317 e. The number of thioether (sulfide) groups is 1. The van der Waals surface area contributed by atoms with Gasteiger partial charge in [-0.05, 0) is 11.1 Å². The summed E-state index contributed by atoms with van der Waals surface area (Å²) in [6.45, 7) is 0. The van der Waals surface area contributed by atoms with Crippen LogP contribution < -0.4 is 0 Å². The Hall–Kier alpha value is -3.13. The van der Waals surface area contributed by atoms with Crippen molar-refractivity contribution >= 4 is 34.3 Å². The summed E-state index contributed by atoms with van der Waals surface area (Å²) >= 11 is 0.985. The van der Waals surface area contributed by atoms with Gasteiger partial charge < -0.3 is 10.2 Å². The summed E-state index contributed by atoms with van der Waals surface area (Å²) < 4.78 is 0. The van der Waals surface area contributed by atoms with Crippen molar-refractivity contribution in [2.75, 3.05) is 0 Å². The summed E-state index contributed by atoms with van der Waals surface area (Å²) in [5.74, 6) is -4.54. The molecule has 0 radical (unpaired) electrons. The third-order valence-electron chi connectivity index (χ3n) is 4.35. The third-order valence-corrected chi connectivity index (χ3v) is 5.73. The van der Waals surface area contributed by atoms with Crippen molar-refractivity contribution in [1.29, 1.82) is 0 Å². The van der Waals surface area contributed by atoms with Crippen molar-refractivity contribution in [2.45, 2.75) is 11.2 Å². The molecule has 3 rings (SSSR count). The first kappa shape index (κ1) is 18.7. The molecule has 0 spiro atoms. The quantitative estimate of drug-likeness (QED) is 0.596. The summed E-state index contributed by atoms with van der Waals surface area (Å²) in [4.78, 5) is 34.8. The van der Waals surface area contributed by atoms with Gasteiger partial charge in [-0.2, -0.15) is 0 Å². The number of carbonyl (C=O) groups is 2. The van der Waals surface area contributed by atoms with Gasteiger partial charge in [0.15, 0.2) is 0 Å². The zero-order valence-electron chi connectivity index (χ0n) is 13.9. The van der Waals surface area contributed by atoms with Gasteiger partial charge in [0, 0.05) is 23.0 Å². The molecule has 0 aliphatic carbocycles. The Morgan fingerprint density at radius 3 is 2.30 bits per heavy atom. The van der Waals surface area contributed by atoms with E-state index in [1.165, 1.54) is 18.2 Å². The summed E-state index contributed by atoms with van der Waals surface area (Å²) in [5.41, 5.74) is 1.00. The number of nitro benzene ring substituents is 1. The zero-order chi connectivity index (χ0) is 19.6. The van der Waals surface area contributed by atoms with Gasteiger partial charge in [0.1, 0.15) is 5.25 Å². The lowest BCUT2D eigenvalue weighted by Crippen LogP contribution is -2.38. The zero-order valence-corrected chi connectivity index (χ0v) is 14.7. The van der Waals surface area contributed by atoms with Gasteiger partial charge in [0.05, 0.1) is 10.8 Å². The van der Waals surface area contributed by atoms with E-state index in [2.05, 4.69) is 0 Å². The molecule has 7 nitrogen and oxygen atoms in total. The van der Waals surface area contributed by atoms with Crippen LogP contribution in [0.5, 0.6) is 0 Å². The van der Waals surface area contributed by atoms with E-state index in [-0.39, 0.29) is 5.69 Å². The number of carboxylic acids is 2. The molecule has 0 saturated carbocycles. The van der Waals surface area contributed by atoms with Crippen LogP contribution in [-0.2, 0) is 9.59 Å². The molecule has 0 bridgehead atoms. The minimum atomic E-state index is -1.25. The van der Waals surface area contributed by atoms with E-state index >= 15 is 0 Å². The third kappa shape index (κ3) is 3.85. The van der Waals surface area contributed by atoms with Crippen molar-refractivity contribution in [2.24, 2.45) is 5.92 Å². The van der Waals surface area contributed by atoms with Gasteiger partial charge in [0.2, 0.25) is 0 Å². The van der Waals surface area contributed by atoms with Crippen molar-refractivity contribution in [3.8, 4) is 0 Å². The van der Waals surface area contributed by atoms with E-state index in [0.717, 1.165) is 17.3 Å². The number of allylic oxidation sites excluding steroid dienone is 1. The summed E-state index contributed by atoms with van der Waals surface area (Å²) in [5, 5.41) is 29.2. The first-order valence-corrected chi connectivity index (χ1v) is 8.90. The van der Waals surface area contributed by atoms with Gasteiger partial charge >= 0.3 is 11.9 Å². The Morgan fingerprint density at radius 1 is 1.00 bits per heavy atom. The standard InChI is InChI=1S/C19H15NO6S/c21-18(22)16-14(12-7-4-8-13(9-12)20(25)26)10-15(27-17(16)19(23)24)11-5-2-1-3-6-11/h1-10,14,16-17H,(H,21,22)(H,23,24). The van der Waals surface area contributed by atoms with E-state index in [9.17, 15) is 29.9 Å². The fraction of sp³-hybridized carbons (Fsp3) is 0.158. The van der Waals surface area contributed by atoms with Gasteiger partial charge in [-0.25, -0.2) is 0 Å². The molecule has 1 aliphatic rings. The van der Waals surface area contributed by atoms with Gasteiger partial charge in [0.25, 0.3) is 5.69 Å². The normalized spacial score (nSPS) is 21.9. The molecule has 3 unspecified atom stereocenters. The Bertz CT molecular complexity index is 927. The minimum Gasteiger partial charge on any atom is -0.481 e. The molecular weight excluding hydrogens is 370 g/mol. The van der Waals surface area contributed by atoms with E-state index in [0.29, 0.717) is 10.5 Å². The topological polar surface area (TPSA) is 118 Å². The minimum absolute atomic E-state index is 0.170. The fourth-order valence-corrected chi connectivity index (χ4v) is 4.41. The van der Waals surface area contributed by atoms with E-state index in [1.54, 1.807) is 24.3 Å². The monoisotopic (exact) mass is 385 g/mol. The molecule has 0 amide bonds. The van der Waals surface area contributed by atoms with Crippen LogP contribution in [0.2, 0.25) is 0 Å². The van der Waals surface area contributed by atoms with Gasteiger partial charge in [-0.15, -0.1) is 11.8 Å². The van der Waals surface area contributed by atoms with Crippen LogP contribution in [0.25, 0.3) is 4.91 Å². The largest absolute Gasteiger partial charge is 0.481 e. The predicted octanol–water partition coefficient (Wildman–Crippen LogP) is 3.62. The highest BCUT2D eigenvalue weighted by Crippen LogP contribution is 2.47. The first-order chi connectivity index (χ1) is 12.9. The number of hydrogen-bond donors (Lipinski definition) is 2. The second-order valence-electron chi connectivity index (χ2n) is 6.02. The van der Waals surface area contributed by atoms with E-state index < -0.39 is 33.9 Å². The highest BCUT2D eigenvalue weighted by atomic mass is 32.2. The summed E-state index contributed by atoms with van der Waals surface area (Å²) in [6.07, 6.45) is 1.69. The SMILES string of the molecule is O=C(O)C1SC(c2ccccc2)=CC(c2cccc([N+](=O)[O-])c2)C1C(=O)O. The molecule has 3 atom stereocenters. The number of carboxylic acid groups (broad SMARTS) is 2. The number of nitrogens with zero attached hydrogens (tertiary/aromatic N) is 1. The lowest BCUT2D eigenvalue weighted by Gasteiger charge is -2.32.